The molecule has 1 N–H and O–H groups in total. The lowest BCUT2D eigenvalue weighted by molar-refractivity contribution is -0.0587. The summed E-state index contributed by atoms with van der Waals surface area (Å²) in [6.07, 6.45) is 5.80. The van der Waals surface area contributed by atoms with E-state index in [9.17, 15) is 9.90 Å². The highest BCUT2D eigenvalue weighted by Gasteiger charge is 2.51. The van der Waals surface area contributed by atoms with Crippen LogP contribution in [0.15, 0.2) is 66.9 Å². The van der Waals surface area contributed by atoms with Crippen LogP contribution >= 0.6 is 0 Å². The molecule has 2 aromatic rings. The molecular formula is C29H39NO4. The van der Waals surface area contributed by atoms with Crippen LogP contribution in [0.5, 0.6) is 5.75 Å². The highest BCUT2D eigenvalue weighted by atomic mass is 16.6. The predicted octanol–water partition coefficient (Wildman–Crippen LogP) is 6.67. The molecule has 1 amide bonds. The van der Waals surface area contributed by atoms with Gasteiger partial charge in [-0.25, -0.2) is 4.79 Å². The third-order valence-corrected chi connectivity index (χ3v) is 7.20. The number of carbonyl (C=O) groups excluding carboxylic acids is 1. The number of nitrogens with zero attached hydrogens (tertiary/aromatic N) is 1. The first-order chi connectivity index (χ1) is 16.5. The fraction of sp³-hybridized carbons (Fsp3) is 0.483. The maximum absolute atomic E-state index is 13.4. The molecule has 0 unspecified atom stereocenters. The number of hydrogen-bond acceptors (Lipinski definition) is 4. The van der Waals surface area contributed by atoms with Gasteiger partial charge in [0.05, 0.1) is 25.2 Å². The van der Waals surface area contributed by atoms with E-state index in [-0.39, 0.29) is 6.61 Å². The smallest absolute Gasteiger partial charge is 0.415 e. The minimum atomic E-state index is -0.446. The highest BCUT2D eigenvalue weighted by Crippen LogP contribution is 2.53. The van der Waals surface area contributed by atoms with Gasteiger partial charge in [-0.05, 0) is 42.5 Å². The summed E-state index contributed by atoms with van der Waals surface area (Å²) in [5.74, 6) is 0.764. The molecule has 0 aromatic heterocycles. The number of cyclic esters (lactones) is 1. The first kappa shape index (κ1) is 25.8. The minimum absolute atomic E-state index is 0.161. The summed E-state index contributed by atoms with van der Waals surface area (Å²) < 4.78 is 11.5. The lowest BCUT2D eigenvalue weighted by atomic mass is 9.69. The Morgan fingerprint density at radius 2 is 1.79 bits per heavy atom. The Morgan fingerprint density at radius 1 is 1.09 bits per heavy atom. The standard InChI is InChI=1S/C29H39NO4/c1-5-7-8-12-19-29(6-2)22(3)30(25(21-31)20-23-13-10-9-11-14-23)28(32)34-27(29)24-15-17-26(33-4)18-16-24/h9-11,13-18,25,27,31H,3,5-8,12,19-21H2,1-2,4H3/t25-,27-,29+/m0/s1. The topological polar surface area (TPSA) is 59.0 Å². The largest absolute Gasteiger partial charge is 0.497 e. The molecule has 0 spiro atoms. The molecular weight excluding hydrogens is 426 g/mol. The molecule has 1 aliphatic rings. The van der Waals surface area contributed by atoms with E-state index in [0.29, 0.717) is 6.42 Å². The van der Waals surface area contributed by atoms with Gasteiger partial charge in [-0.1, -0.05) is 88.6 Å². The summed E-state index contributed by atoms with van der Waals surface area (Å²) in [5.41, 5.74) is 2.30. The Morgan fingerprint density at radius 3 is 2.38 bits per heavy atom. The molecule has 0 saturated carbocycles. The van der Waals surface area contributed by atoms with Gasteiger partial charge < -0.3 is 14.6 Å². The molecule has 1 aliphatic heterocycles. The van der Waals surface area contributed by atoms with Crippen LogP contribution in [0.3, 0.4) is 0 Å². The van der Waals surface area contributed by atoms with Gasteiger partial charge in [-0.15, -0.1) is 0 Å². The molecule has 3 atom stereocenters. The van der Waals surface area contributed by atoms with E-state index in [4.69, 9.17) is 9.47 Å². The minimum Gasteiger partial charge on any atom is -0.497 e. The maximum atomic E-state index is 13.4. The number of aliphatic hydroxyl groups excluding tert-OH is 1. The number of amides is 1. The van der Waals surface area contributed by atoms with Crippen LogP contribution in [0, 0.1) is 5.41 Å². The number of benzene rings is 2. The summed E-state index contributed by atoms with van der Waals surface area (Å²) in [5, 5.41) is 10.3. The second-order valence-corrected chi connectivity index (χ2v) is 9.20. The van der Waals surface area contributed by atoms with Crippen molar-refractivity contribution in [1.82, 2.24) is 4.90 Å². The fourth-order valence-corrected chi connectivity index (χ4v) is 5.14. The fourth-order valence-electron chi connectivity index (χ4n) is 5.14. The summed E-state index contributed by atoms with van der Waals surface area (Å²) in [6.45, 7) is 8.66. The third kappa shape index (κ3) is 5.47. The number of carbonyl (C=O) groups is 1. The van der Waals surface area contributed by atoms with E-state index in [1.54, 1.807) is 12.0 Å². The van der Waals surface area contributed by atoms with Crippen molar-refractivity contribution < 1.29 is 19.4 Å². The van der Waals surface area contributed by atoms with Crippen LogP contribution in [0.25, 0.3) is 0 Å². The summed E-state index contributed by atoms with van der Waals surface area (Å²) in [7, 11) is 1.64. The van der Waals surface area contributed by atoms with E-state index in [1.165, 1.54) is 6.42 Å². The number of hydrogen-bond donors (Lipinski definition) is 1. The third-order valence-electron chi connectivity index (χ3n) is 7.20. The second kappa shape index (κ2) is 12.1. The van der Waals surface area contributed by atoms with Gasteiger partial charge in [-0.3, -0.25) is 4.90 Å². The van der Waals surface area contributed by atoms with Crippen molar-refractivity contribution in [2.24, 2.45) is 5.41 Å². The normalized spacial score (nSPS) is 21.3. The van der Waals surface area contributed by atoms with Gasteiger partial charge in [0.15, 0.2) is 0 Å². The highest BCUT2D eigenvalue weighted by molar-refractivity contribution is 5.73. The van der Waals surface area contributed by atoms with Crippen molar-refractivity contribution in [2.45, 2.75) is 70.9 Å². The monoisotopic (exact) mass is 465 g/mol. The Labute approximate surface area is 204 Å². The molecule has 1 fully saturated rings. The number of rotatable bonds is 12. The van der Waals surface area contributed by atoms with E-state index in [0.717, 1.165) is 54.7 Å². The molecule has 184 valence electrons. The van der Waals surface area contributed by atoms with Crippen LogP contribution in [-0.2, 0) is 11.2 Å². The molecule has 0 radical (unpaired) electrons. The lowest BCUT2D eigenvalue weighted by Gasteiger charge is -2.51. The van der Waals surface area contributed by atoms with Crippen molar-refractivity contribution in [3.8, 4) is 5.75 Å². The SMILES string of the molecule is C=C1N([C@H](CO)Cc2ccccc2)C(=O)O[C@@H](c2ccc(OC)cc2)[C@]1(CC)CCCCCC. The molecule has 2 aromatic carbocycles. The van der Waals surface area contributed by atoms with Gasteiger partial charge >= 0.3 is 6.09 Å². The van der Waals surface area contributed by atoms with Crippen LogP contribution < -0.4 is 4.74 Å². The van der Waals surface area contributed by atoms with Crippen LogP contribution in [0.4, 0.5) is 4.79 Å². The first-order valence-electron chi connectivity index (χ1n) is 12.5. The number of aliphatic hydroxyl groups is 1. The Hall–Kier alpha value is -2.79. The van der Waals surface area contributed by atoms with Crippen LogP contribution in [-0.4, -0.2) is 35.9 Å². The maximum Gasteiger partial charge on any atom is 0.415 e. The quantitative estimate of drug-likeness (QED) is 0.356. The zero-order valence-corrected chi connectivity index (χ0v) is 20.8. The molecule has 3 rings (SSSR count). The predicted molar refractivity (Wildman–Crippen MR) is 136 cm³/mol. The van der Waals surface area contributed by atoms with E-state index in [1.807, 2.05) is 54.6 Å². The van der Waals surface area contributed by atoms with Gasteiger partial charge in [-0.2, -0.15) is 0 Å². The molecule has 0 aliphatic carbocycles. The van der Waals surface area contributed by atoms with Crippen LogP contribution in [0.1, 0.15) is 69.6 Å². The van der Waals surface area contributed by atoms with Gasteiger partial charge in [0, 0.05) is 5.70 Å². The van der Waals surface area contributed by atoms with E-state index in [2.05, 4.69) is 20.4 Å². The van der Waals surface area contributed by atoms with Crippen molar-refractivity contribution in [1.29, 1.82) is 0 Å². The van der Waals surface area contributed by atoms with Gasteiger partial charge in [0.1, 0.15) is 11.9 Å². The van der Waals surface area contributed by atoms with Gasteiger partial charge in [0.2, 0.25) is 0 Å². The van der Waals surface area contributed by atoms with Crippen molar-refractivity contribution in [2.75, 3.05) is 13.7 Å². The molecule has 34 heavy (non-hydrogen) atoms. The second-order valence-electron chi connectivity index (χ2n) is 9.20. The molecule has 1 heterocycles. The van der Waals surface area contributed by atoms with Crippen molar-refractivity contribution >= 4 is 6.09 Å². The Kier molecular flexibility index (Phi) is 9.17. The van der Waals surface area contributed by atoms with Crippen molar-refractivity contribution in [3.63, 3.8) is 0 Å². The average Bonchev–Trinajstić information content (AvgIpc) is 2.87. The number of methoxy groups -OCH3 is 1. The molecule has 5 nitrogen and oxygen atoms in total. The van der Waals surface area contributed by atoms with Crippen molar-refractivity contribution in [3.05, 3.63) is 78.0 Å². The summed E-state index contributed by atoms with van der Waals surface area (Å²) in [4.78, 5) is 15.0. The average molecular weight is 466 g/mol. The number of ether oxygens (including phenoxy) is 2. The lowest BCUT2D eigenvalue weighted by Crippen LogP contribution is -2.54. The van der Waals surface area contributed by atoms with Gasteiger partial charge in [0.25, 0.3) is 0 Å². The summed E-state index contributed by atoms with van der Waals surface area (Å²) >= 11 is 0. The van der Waals surface area contributed by atoms with E-state index < -0.39 is 23.7 Å². The molecule has 5 heteroatoms. The number of unbranched alkanes of at least 4 members (excludes halogenated alkanes) is 3. The molecule has 0 bridgehead atoms. The zero-order chi connectivity index (χ0) is 24.6. The zero-order valence-electron chi connectivity index (χ0n) is 20.8. The Balaban J connectivity index is 1.97. The van der Waals surface area contributed by atoms with E-state index >= 15 is 0 Å². The molecule has 1 saturated heterocycles. The summed E-state index contributed by atoms with van der Waals surface area (Å²) in [6, 6.07) is 17.3. The van der Waals surface area contributed by atoms with Crippen LogP contribution in [0.2, 0.25) is 0 Å². The first-order valence-corrected chi connectivity index (χ1v) is 12.5. The Bertz CT molecular complexity index is 927.